The molecular formula is C22H22BrN3O3. The molecule has 0 radical (unpaired) electrons. The third-order valence-corrected chi connectivity index (χ3v) is 4.86. The van der Waals surface area contributed by atoms with Crippen LogP contribution in [0.3, 0.4) is 0 Å². The van der Waals surface area contributed by atoms with Crippen LogP contribution in [0.2, 0.25) is 0 Å². The standard InChI is InChI=1S/C22H22BrN3O3/c23-18-7-3-6-17(12-18)20(26-22(24)28)14-21(27)25-10-11-29-19-9-8-15-4-1-2-5-16(15)13-19/h1-9,12-13,20H,10-11,14H2,(H,25,27)(H3,24,26,28)/t20-/m0/s1. The largest absolute Gasteiger partial charge is 0.492 e. The number of halogens is 1. The van der Waals surface area contributed by atoms with Crippen LogP contribution in [-0.2, 0) is 4.79 Å². The van der Waals surface area contributed by atoms with Crippen molar-refractivity contribution in [2.45, 2.75) is 12.5 Å². The molecule has 0 spiro atoms. The second kappa shape index (κ2) is 9.93. The van der Waals surface area contributed by atoms with Crippen molar-refractivity contribution in [3.8, 4) is 5.75 Å². The lowest BCUT2D eigenvalue weighted by atomic mass is 10.0. The van der Waals surface area contributed by atoms with Crippen LogP contribution in [0.15, 0.2) is 71.2 Å². The maximum absolute atomic E-state index is 12.3. The number of nitrogens with one attached hydrogen (secondary N) is 2. The first-order chi connectivity index (χ1) is 14.0. The number of amides is 3. The van der Waals surface area contributed by atoms with Crippen LogP contribution in [0.25, 0.3) is 10.8 Å². The normalized spacial score (nSPS) is 11.6. The summed E-state index contributed by atoms with van der Waals surface area (Å²) in [5.41, 5.74) is 6.05. The van der Waals surface area contributed by atoms with Crippen LogP contribution in [0.1, 0.15) is 18.0 Å². The lowest BCUT2D eigenvalue weighted by molar-refractivity contribution is -0.121. The third kappa shape index (κ3) is 6.22. The molecule has 0 fully saturated rings. The van der Waals surface area contributed by atoms with Gasteiger partial charge >= 0.3 is 6.03 Å². The number of carbonyl (C=O) groups is 2. The van der Waals surface area contributed by atoms with Gasteiger partial charge in [-0.05, 0) is 40.6 Å². The molecule has 0 bridgehead atoms. The molecule has 3 aromatic rings. The van der Waals surface area contributed by atoms with Crippen molar-refractivity contribution >= 4 is 38.6 Å². The first kappa shape index (κ1) is 20.7. The van der Waals surface area contributed by atoms with Crippen molar-refractivity contribution in [2.75, 3.05) is 13.2 Å². The molecule has 1 atom stereocenters. The highest BCUT2D eigenvalue weighted by Crippen LogP contribution is 2.21. The van der Waals surface area contributed by atoms with E-state index in [1.54, 1.807) is 0 Å². The SMILES string of the molecule is NC(=O)N[C@@H](CC(=O)NCCOc1ccc2ccccc2c1)c1cccc(Br)c1. The Labute approximate surface area is 177 Å². The molecule has 6 nitrogen and oxygen atoms in total. The quantitative estimate of drug-likeness (QED) is 0.449. The van der Waals surface area contributed by atoms with Gasteiger partial charge in [-0.2, -0.15) is 0 Å². The van der Waals surface area contributed by atoms with Gasteiger partial charge in [-0.15, -0.1) is 0 Å². The molecule has 29 heavy (non-hydrogen) atoms. The fourth-order valence-electron chi connectivity index (χ4n) is 3.02. The molecular weight excluding hydrogens is 434 g/mol. The van der Waals surface area contributed by atoms with Crippen LogP contribution < -0.4 is 21.1 Å². The van der Waals surface area contributed by atoms with E-state index in [0.29, 0.717) is 13.2 Å². The number of urea groups is 1. The van der Waals surface area contributed by atoms with E-state index in [1.165, 1.54) is 0 Å². The van der Waals surface area contributed by atoms with Gasteiger partial charge in [0.2, 0.25) is 5.91 Å². The number of hydrogen-bond acceptors (Lipinski definition) is 3. The summed E-state index contributed by atoms with van der Waals surface area (Å²) in [5, 5.41) is 7.67. The second-order valence-corrected chi connectivity index (χ2v) is 7.44. The molecule has 0 unspecified atom stereocenters. The van der Waals surface area contributed by atoms with Gasteiger partial charge in [-0.25, -0.2) is 4.79 Å². The number of hydrogen-bond donors (Lipinski definition) is 3. The molecule has 0 heterocycles. The van der Waals surface area contributed by atoms with Crippen molar-refractivity contribution in [1.29, 1.82) is 0 Å². The summed E-state index contributed by atoms with van der Waals surface area (Å²) in [5.74, 6) is 0.547. The van der Waals surface area contributed by atoms with Crippen molar-refractivity contribution in [2.24, 2.45) is 5.73 Å². The van der Waals surface area contributed by atoms with Crippen molar-refractivity contribution in [3.05, 3.63) is 76.8 Å². The topological polar surface area (TPSA) is 93.5 Å². The summed E-state index contributed by atoms with van der Waals surface area (Å²) in [6.07, 6.45) is 0.0787. The molecule has 0 aliphatic carbocycles. The Morgan fingerprint density at radius 2 is 1.79 bits per heavy atom. The summed E-state index contributed by atoms with van der Waals surface area (Å²) in [6.45, 7) is 0.697. The Bertz CT molecular complexity index is 1010. The van der Waals surface area contributed by atoms with E-state index >= 15 is 0 Å². The van der Waals surface area contributed by atoms with E-state index < -0.39 is 12.1 Å². The van der Waals surface area contributed by atoms with Gasteiger partial charge < -0.3 is 21.1 Å². The number of benzene rings is 3. The molecule has 0 aliphatic rings. The first-order valence-electron chi connectivity index (χ1n) is 9.21. The van der Waals surface area contributed by atoms with E-state index in [9.17, 15) is 9.59 Å². The van der Waals surface area contributed by atoms with Gasteiger partial charge in [0, 0.05) is 4.47 Å². The molecule has 3 rings (SSSR count). The maximum atomic E-state index is 12.3. The highest BCUT2D eigenvalue weighted by Gasteiger charge is 2.17. The summed E-state index contributed by atoms with van der Waals surface area (Å²) < 4.78 is 6.58. The highest BCUT2D eigenvalue weighted by atomic mass is 79.9. The lowest BCUT2D eigenvalue weighted by Gasteiger charge is -2.18. The van der Waals surface area contributed by atoms with E-state index in [2.05, 4.69) is 26.6 Å². The molecule has 0 aromatic heterocycles. The van der Waals surface area contributed by atoms with Crippen LogP contribution in [0.4, 0.5) is 4.79 Å². The van der Waals surface area contributed by atoms with Crippen LogP contribution in [0, 0.1) is 0 Å². The van der Waals surface area contributed by atoms with Gasteiger partial charge in [-0.3, -0.25) is 4.79 Å². The monoisotopic (exact) mass is 455 g/mol. The van der Waals surface area contributed by atoms with Gasteiger partial charge in [0.05, 0.1) is 19.0 Å². The zero-order chi connectivity index (χ0) is 20.6. The van der Waals surface area contributed by atoms with Crippen LogP contribution in [0.5, 0.6) is 5.75 Å². The maximum Gasteiger partial charge on any atom is 0.312 e. The first-order valence-corrected chi connectivity index (χ1v) is 10.0. The zero-order valence-electron chi connectivity index (χ0n) is 15.7. The number of primary amides is 1. The van der Waals surface area contributed by atoms with Crippen molar-refractivity contribution < 1.29 is 14.3 Å². The Morgan fingerprint density at radius 3 is 2.55 bits per heavy atom. The number of ether oxygens (including phenoxy) is 1. The van der Waals surface area contributed by atoms with Crippen molar-refractivity contribution in [1.82, 2.24) is 10.6 Å². The van der Waals surface area contributed by atoms with E-state index in [0.717, 1.165) is 26.6 Å². The van der Waals surface area contributed by atoms with Gasteiger partial charge in [0.15, 0.2) is 0 Å². The summed E-state index contributed by atoms with van der Waals surface area (Å²) in [6, 6.07) is 20.1. The number of nitrogens with two attached hydrogens (primary N) is 1. The molecule has 0 aliphatic heterocycles. The molecule has 3 amide bonds. The predicted octanol–water partition coefficient (Wildman–Crippen LogP) is 3.90. The fourth-order valence-corrected chi connectivity index (χ4v) is 3.44. The molecule has 0 saturated heterocycles. The average Bonchev–Trinajstić information content (AvgIpc) is 2.70. The minimum atomic E-state index is -0.678. The smallest absolute Gasteiger partial charge is 0.312 e. The molecule has 3 aromatic carbocycles. The predicted molar refractivity (Wildman–Crippen MR) is 117 cm³/mol. The Hall–Kier alpha value is -3.06. The van der Waals surface area contributed by atoms with Crippen LogP contribution >= 0.6 is 15.9 Å². The van der Waals surface area contributed by atoms with Gasteiger partial charge in [0.25, 0.3) is 0 Å². The number of fused-ring (bicyclic) bond motifs is 1. The summed E-state index contributed by atoms with van der Waals surface area (Å²) in [4.78, 5) is 23.6. The molecule has 150 valence electrons. The number of carbonyl (C=O) groups excluding carboxylic acids is 2. The zero-order valence-corrected chi connectivity index (χ0v) is 17.3. The molecule has 0 saturated carbocycles. The number of rotatable bonds is 8. The van der Waals surface area contributed by atoms with Gasteiger partial charge in [0.1, 0.15) is 12.4 Å². The second-order valence-electron chi connectivity index (χ2n) is 6.53. The van der Waals surface area contributed by atoms with Crippen molar-refractivity contribution in [3.63, 3.8) is 0 Å². The van der Waals surface area contributed by atoms with Gasteiger partial charge in [-0.1, -0.05) is 58.4 Å². The molecule has 7 heteroatoms. The summed E-state index contributed by atoms with van der Waals surface area (Å²) in [7, 11) is 0. The fraction of sp³-hybridized carbons (Fsp3) is 0.182. The average molecular weight is 456 g/mol. The van der Waals surface area contributed by atoms with Crippen LogP contribution in [-0.4, -0.2) is 25.1 Å². The Kier molecular flexibility index (Phi) is 7.08. The minimum Gasteiger partial charge on any atom is -0.492 e. The Balaban J connectivity index is 1.50. The minimum absolute atomic E-state index is 0.0787. The van der Waals surface area contributed by atoms with E-state index in [4.69, 9.17) is 10.5 Å². The van der Waals surface area contributed by atoms with E-state index in [-0.39, 0.29) is 12.3 Å². The highest BCUT2D eigenvalue weighted by molar-refractivity contribution is 9.10. The Morgan fingerprint density at radius 1 is 1.00 bits per heavy atom. The molecule has 4 N–H and O–H groups in total. The summed E-state index contributed by atoms with van der Waals surface area (Å²) >= 11 is 3.39. The third-order valence-electron chi connectivity index (χ3n) is 4.37. The van der Waals surface area contributed by atoms with E-state index in [1.807, 2.05) is 66.7 Å². The lowest BCUT2D eigenvalue weighted by Crippen LogP contribution is -2.37.